The number of hydrazine groups is 1. The molecule has 0 atom stereocenters. The Bertz CT molecular complexity index is 805. The van der Waals surface area contributed by atoms with Crippen molar-refractivity contribution in [2.45, 2.75) is 6.18 Å². The third kappa shape index (κ3) is 4.44. The fourth-order valence-corrected chi connectivity index (χ4v) is 2.05. The normalized spacial score (nSPS) is 10.8. The molecule has 2 rings (SSSR count). The molecule has 0 heterocycles. The molecule has 6 nitrogen and oxygen atoms in total. The van der Waals surface area contributed by atoms with Crippen LogP contribution in [-0.2, 0) is 6.18 Å². The second-order valence-corrected chi connectivity index (χ2v) is 5.05. The predicted octanol–water partition coefficient (Wildman–Crippen LogP) is 2.80. The van der Waals surface area contributed by atoms with E-state index in [2.05, 4.69) is 10.9 Å². The van der Waals surface area contributed by atoms with E-state index in [1.165, 1.54) is 32.4 Å². The van der Waals surface area contributed by atoms with Gasteiger partial charge in [0.2, 0.25) is 0 Å². The SMILES string of the molecule is COc1ccc(C(=O)NNC(=O)c2ccc(C(F)(F)F)cc2)cc1OC. The molecular formula is C17H15F3N2O4. The Morgan fingerprint density at radius 2 is 1.31 bits per heavy atom. The quantitative estimate of drug-likeness (QED) is 0.814. The molecule has 0 spiro atoms. The van der Waals surface area contributed by atoms with Gasteiger partial charge in [-0.1, -0.05) is 0 Å². The number of nitrogens with one attached hydrogen (secondary N) is 2. The molecule has 0 aliphatic heterocycles. The van der Waals surface area contributed by atoms with Gasteiger partial charge in [0, 0.05) is 11.1 Å². The van der Waals surface area contributed by atoms with Crippen LogP contribution < -0.4 is 20.3 Å². The van der Waals surface area contributed by atoms with E-state index in [-0.39, 0.29) is 11.1 Å². The third-order valence-corrected chi connectivity index (χ3v) is 3.41. The van der Waals surface area contributed by atoms with E-state index in [0.29, 0.717) is 11.5 Å². The van der Waals surface area contributed by atoms with Crippen molar-refractivity contribution in [1.82, 2.24) is 10.9 Å². The molecule has 9 heteroatoms. The van der Waals surface area contributed by atoms with Crippen molar-refractivity contribution in [2.24, 2.45) is 0 Å². The van der Waals surface area contributed by atoms with Crippen molar-refractivity contribution in [2.75, 3.05) is 14.2 Å². The van der Waals surface area contributed by atoms with Crippen molar-refractivity contribution < 1.29 is 32.2 Å². The highest BCUT2D eigenvalue weighted by Crippen LogP contribution is 2.29. The molecular weight excluding hydrogens is 353 g/mol. The van der Waals surface area contributed by atoms with Crippen molar-refractivity contribution in [3.63, 3.8) is 0 Å². The molecule has 0 bridgehead atoms. The number of ether oxygens (including phenoxy) is 2. The molecule has 0 fully saturated rings. The number of hydrogen-bond donors (Lipinski definition) is 2. The third-order valence-electron chi connectivity index (χ3n) is 3.41. The number of hydrogen-bond acceptors (Lipinski definition) is 4. The van der Waals surface area contributed by atoms with Crippen LogP contribution in [0.3, 0.4) is 0 Å². The van der Waals surface area contributed by atoms with Crippen LogP contribution in [0.2, 0.25) is 0 Å². The van der Waals surface area contributed by atoms with E-state index in [0.717, 1.165) is 24.3 Å². The first-order chi connectivity index (χ1) is 12.3. The zero-order valence-electron chi connectivity index (χ0n) is 13.8. The van der Waals surface area contributed by atoms with Gasteiger partial charge in [-0.05, 0) is 42.5 Å². The van der Waals surface area contributed by atoms with Crippen LogP contribution in [0.15, 0.2) is 42.5 Å². The molecule has 0 saturated carbocycles. The lowest BCUT2D eigenvalue weighted by Crippen LogP contribution is -2.41. The maximum Gasteiger partial charge on any atom is 0.416 e. The second-order valence-electron chi connectivity index (χ2n) is 5.05. The van der Waals surface area contributed by atoms with E-state index >= 15 is 0 Å². The molecule has 26 heavy (non-hydrogen) atoms. The van der Waals surface area contributed by atoms with Gasteiger partial charge in [0.15, 0.2) is 11.5 Å². The van der Waals surface area contributed by atoms with Gasteiger partial charge in [0.25, 0.3) is 11.8 Å². The Hall–Kier alpha value is -3.23. The molecule has 2 aromatic carbocycles. The Labute approximate surface area is 146 Å². The van der Waals surface area contributed by atoms with Crippen LogP contribution >= 0.6 is 0 Å². The zero-order valence-corrected chi connectivity index (χ0v) is 13.8. The van der Waals surface area contributed by atoms with Gasteiger partial charge in [-0.2, -0.15) is 13.2 Å². The summed E-state index contributed by atoms with van der Waals surface area (Å²) in [6, 6.07) is 7.99. The minimum absolute atomic E-state index is 0.0365. The van der Waals surface area contributed by atoms with Crippen LogP contribution in [0.1, 0.15) is 26.3 Å². The molecule has 2 N–H and O–H groups in total. The molecule has 0 aromatic heterocycles. The van der Waals surface area contributed by atoms with Gasteiger partial charge in [0.05, 0.1) is 19.8 Å². The summed E-state index contributed by atoms with van der Waals surface area (Å²) in [5.74, 6) is -0.633. The Balaban J connectivity index is 2.01. The van der Waals surface area contributed by atoms with Crippen molar-refractivity contribution >= 4 is 11.8 Å². The first-order valence-electron chi connectivity index (χ1n) is 7.26. The van der Waals surface area contributed by atoms with E-state index in [9.17, 15) is 22.8 Å². The molecule has 0 radical (unpaired) electrons. The highest BCUT2D eigenvalue weighted by atomic mass is 19.4. The molecule has 138 valence electrons. The Morgan fingerprint density at radius 3 is 1.81 bits per heavy atom. The maximum atomic E-state index is 12.5. The number of alkyl halides is 3. The molecule has 0 aliphatic rings. The fourth-order valence-electron chi connectivity index (χ4n) is 2.05. The van der Waals surface area contributed by atoms with Gasteiger partial charge in [-0.3, -0.25) is 20.4 Å². The standard InChI is InChI=1S/C17H15F3N2O4/c1-25-13-8-5-11(9-14(13)26-2)16(24)22-21-15(23)10-3-6-12(7-4-10)17(18,19)20/h3-9H,1-2H3,(H,21,23)(H,22,24). The summed E-state index contributed by atoms with van der Waals surface area (Å²) in [4.78, 5) is 24.0. The van der Waals surface area contributed by atoms with E-state index in [4.69, 9.17) is 9.47 Å². The van der Waals surface area contributed by atoms with Crippen LogP contribution in [0.25, 0.3) is 0 Å². The van der Waals surface area contributed by atoms with Crippen LogP contribution in [-0.4, -0.2) is 26.0 Å². The highest BCUT2D eigenvalue weighted by Gasteiger charge is 2.30. The number of carbonyl (C=O) groups is 2. The lowest BCUT2D eigenvalue weighted by molar-refractivity contribution is -0.137. The summed E-state index contributed by atoms with van der Waals surface area (Å²) in [7, 11) is 2.85. The van der Waals surface area contributed by atoms with Crippen LogP contribution in [0.4, 0.5) is 13.2 Å². The average Bonchev–Trinajstić information content (AvgIpc) is 2.64. The first kappa shape index (κ1) is 19.1. The first-order valence-corrected chi connectivity index (χ1v) is 7.26. The summed E-state index contributed by atoms with van der Waals surface area (Å²) >= 11 is 0. The summed E-state index contributed by atoms with van der Waals surface area (Å²) in [6.07, 6.45) is -4.49. The number of rotatable bonds is 4. The minimum Gasteiger partial charge on any atom is -0.493 e. The van der Waals surface area contributed by atoms with Gasteiger partial charge in [0.1, 0.15) is 0 Å². The monoisotopic (exact) mass is 368 g/mol. The van der Waals surface area contributed by atoms with E-state index < -0.39 is 23.6 Å². The lowest BCUT2D eigenvalue weighted by atomic mass is 10.1. The number of benzene rings is 2. The van der Waals surface area contributed by atoms with Gasteiger partial charge >= 0.3 is 6.18 Å². The fraction of sp³-hybridized carbons (Fsp3) is 0.176. The van der Waals surface area contributed by atoms with Gasteiger partial charge in [-0.15, -0.1) is 0 Å². The Morgan fingerprint density at radius 1 is 0.808 bits per heavy atom. The largest absolute Gasteiger partial charge is 0.493 e. The lowest BCUT2D eigenvalue weighted by Gasteiger charge is -2.11. The summed E-state index contributed by atoms with van der Waals surface area (Å²) < 4.78 is 47.6. The number of carbonyl (C=O) groups excluding carboxylic acids is 2. The van der Waals surface area contributed by atoms with Gasteiger partial charge < -0.3 is 9.47 Å². The van der Waals surface area contributed by atoms with Crippen LogP contribution in [0.5, 0.6) is 11.5 Å². The number of halogens is 3. The minimum atomic E-state index is -4.49. The molecule has 2 amide bonds. The number of methoxy groups -OCH3 is 2. The summed E-state index contributed by atoms with van der Waals surface area (Å²) in [6.45, 7) is 0. The summed E-state index contributed by atoms with van der Waals surface area (Å²) in [5.41, 5.74) is 3.59. The topological polar surface area (TPSA) is 76.7 Å². The average molecular weight is 368 g/mol. The Kier molecular flexibility index (Phi) is 5.71. The van der Waals surface area contributed by atoms with Crippen molar-refractivity contribution in [3.8, 4) is 11.5 Å². The molecule has 0 aliphatic carbocycles. The maximum absolute atomic E-state index is 12.5. The van der Waals surface area contributed by atoms with E-state index in [1.807, 2.05) is 0 Å². The van der Waals surface area contributed by atoms with E-state index in [1.54, 1.807) is 0 Å². The predicted molar refractivity (Wildman–Crippen MR) is 85.9 cm³/mol. The molecule has 0 unspecified atom stereocenters. The zero-order chi connectivity index (χ0) is 19.3. The van der Waals surface area contributed by atoms with Crippen LogP contribution in [0, 0.1) is 0 Å². The molecule has 0 saturated heterocycles. The van der Waals surface area contributed by atoms with Crippen molar-refractivity contribution in [1.29, 1.82) is 0 Å². The number of amides is 2. The highest BCUT2D eigenvalue weighted by molar-refractivity contribution is 5.99. The smallest absolute Gasteiger partial charge is 0.416 e. The van der Waals surface area contributed by atoms with Gasteiger partial charge in [-0.25, -0.2) is 0 Å². The summed E-state index contributed by atoms with van der Waals surface area (Å²) in [5, 5.41) is 0. The second kappa shape index (κ2) is 7.77. The van der Waals surface area contributed by atoms with Crippen molar-refractivity contribution in [3.05, 3.63) is 59.2 Å². The molecule has 2 aromatic rings.